The van der Waals surface area contributed by atoms with Gasteiger partial charge in [0.25, 0.3) is 11.4 Å². The molecule has 0 aliphatic carbocycles. The minimum Gasteiger partial charge on any atom is -0.487 e. The highest BCUT2D eigenvalue weighted by molar-refractivity contribution is 9.10. The molecule has 0 fully saturated rings. The van der Waals surface area contributed by atoms with Gasteiger partial charge >= 0.3 is 10.1 Å². The van der Waals surface area contributed by atoms with Crippen molar-refractivity contribution in [3.8, 4) is 11.6 Å². The second-order valence-corrected chi connectivity index (χ2v) is 9.63. The molecular weight excluding hydrogens is 436 g/mol. The number of nitrogens with zero attached hydrogens (tertiary/aromatic N) is 1. The van der Waals surface area contributed by atoms with Crippen molar-refractivity contribution >= 4 is 26.0 Å². The van der Waals surface area contributed by atoms with E-state index in [0.717, 1.165) is 29.7 Å². The predicted octanol–water partition coefficient (Wildman–Crippen LogP) is 3.33. The van der Waals surface area contributed by atoms with Gasteiger partial charge < -0.3 is 8.92 Å². The van der Waals surface area contributed by atoms with Gasteiger partial charge in [0.05, 0.1) is 4.47 Å². The minimum absolute atomic E-state index is 0.117. The SMILES string of the molecule is Cc1c(C)c(S(=O)(=O)Oc2cc(Br)c(=O)[nH]n2)c(C)c2c1OC(C)(C)CC2. The Kier molecular flexibility index (Phi) is 4.88. The molecule has 0 spiro atoms. The van der Waals surface area contributed by atoms with Crippen molar-refractivity contribution in [3.05, 3.63) is 43.1 Å². The van der Waals surface area contributed by atoms with Crippen LogP contribution in [0.15, 0.2) is 20.2 Å². The van der Waals surface area contributed by atoms with Gasteiger partial charge in [0.2, 0.25) is 0 Å². The van der Waals surface area contributed by atoms with Crippen LogP contribution in [0.3, 0.4) is 0 Å². The summed E-state index contributed by atoms with van der Waals surface area (Å²) in [7, 11) is -4.15. The molecule has 2 aromatic rings. The zero-order chi connectivity index (χ0) is 20.1. The monoisotopic (exact) mass is 456 g/mol. The van der Waals surface area contributed by atoms with E-state index in [4.69, 9.17) is 8.92 Å². The predicted molar refractivity (Wildman–Crippen MR) is 104 cm³/mol. The summed E-state index contributed by atoms with van der Waals surface area (Å²) in [6.45, 7) is 9.39. The van der Waals surface area contributed by atoms with E-state index in [1.165, 1.54) is 6.07 Å². The molecule has 0 saturated carbocycles. The summed E-state index contributed by atoms with van der Waals surface area (Å²) in [4.78, 5) is 11.5. The summed E-state index contributed by atoms with van der Waals surface area (Å²) < 4.78 is 37.4. The molecule has 0 unspecified atom stereocenters. The first-order chi connectivity index (χ1) is 12.4. The van der Waals surface area contributed by atoms with Crippen molar-refractivity contribution in [2.45, 2.75) is 58.0 Å². The number of hydrogen-bond donors (Lipinski definition) is 1. The molecule has 1 aromatic heterocycles. The number of fused-ring (bicyclic) bond motifs is 1. The van der Waals surface area contributed by atoms with Gasteiger partial charge in [-0.3, -0.25) is 4.79 Å². The van der Waals surface area contributed by atoms with Crippen LogP contribution in [-0.4, -0.2) is 24.2 Å². The van der Waals surface area contributed by atoms with E-state index in [0.29, 0.717) is 11.1 Å². The number of rotatable bonds is 3. The lowest BCUT2D eigenvalue weighted by Crippen LogP contribution is -2.34. The molecule has 1 aliphatic rings. The Hall–Kier alpha value is -1.87. The molecule has 7 nitrogen and oxygen atoms in total. The Morgan fingerprint density at radius 3 is 2.52 bits per heavy atom. The van der Waals surface area contributed by atoms with Gasteiger partial charge in [-0.2, -0.15) is 8.42 Å². The fourth-order valence-electron chi connectivity index (χ4n) is 3.29. The van der Waals surface area contributed by atoms with Crippen molar-refractivity contribution in [1.82, 2.24) is 10.2 Å². The average Bonchev–Trinajstić information content (AvgIpc) is 2.55. The van der Waals surface area contributed by atoms with Crippen LogP contribution in [0.4, 0.5) is 0 Å². The maximum Gasteiger partial charge on any atom is 0.341 e. The smallest absolute Gasteiger partial charge is 0.341 e. The molecule has 3 rings (SSSR count). The molecule has 1 aliphatic heterocycles. The lowest BCUT2D eigenvalue weighted by molar-refractivity contribution is 0.0832. The van der Waals surface area contributed by atoms with Crippen LogP contribution in [-0.2, 0) is 16.5 Å². The number of benzene rings is 1. The van der Waals surface area contributed by atoms with Crippen molar-refractivity contribution in [1.29, 1.82) is 0 Å². The molecule has 9 heteroatoms. The lowest BCUT2D eigenvalue weighted by atomic mass is 9.88. The summed E-state index contributed by atoms with van der Waals surface area (Å²) in [5, 5.41) is 5.82. The van der Waals surface area contributed by atoms with E-state index in [-0.39, 0.29) is 20.8 Å². The normalized spacial score (nSPS) is 15.8. The molecule has 27 heavy (non-hydrogen) atoms. The zero-order valence-electron chi connectivity index (χ0n) is 15.8. The summed E-state index contributed by atoms with van der Waals surface area (Å²) in [5.41, 5.74) is 2.09. The molecule has 0 saturated heterocycles. The fourth-order valence-corrected chi connectivity index (χ4v) is 4.99. The molecule has 0 amide bonds. The number of H-pyrrole nitrogens is 1. The Bertz CT molecular complexity index is 1090. The van der Waals surface area contributed by atoms with Gasteiger partial charge in [-0.1, -0.05) is 0 Å². The van der Waals surface area contributed by atoms with Crippen molar-refractivity contribution in [3.63, 3.8) is 0 Å². The van der Waals surface area contributed by atoms with Gasteiger partial charge in [-0.25, -0.2) is 5.10 Å². The summed E-state index contributed by atoms with van der Waals surface area (Å²) >= 11 is 3.04. The second kappa shape index (κ2) is 6.63. The van der Waals surface area contributed by atoms with Crippen LogP contribution in [0.2, 0.25) is 0 Å². The number of ether oxygens (including phenoxy) is 1. The average molecular weight is 457 g/mol. The highest BCUT2D eigenvalue weighted by Gasteiger charge is 2.34. The molecule has 0 radical (unpaired) electrons. The molecular formula is C18H21BrN2O5S. The summed E-state index contributed by atoms with van der Waals surface area (Å²) in [6, 6.07) is 1.22. The van der Waals surface area contributed by atoms with E-state index in [1.807, 2.05) is 20.8 Å². The van der Waals surface area contributed by atoms with Gasteiger partial charge in [0.15, 0.2) is 0 Å². The highest BCUT2D eigenvalue weighted by Crippen LogP contribution is 2.42. The molecule has 1 N–H and O–H groups in total. The third-order valence-electron chi connectivity index (χ3n) is 4.85. The fraction of sp³-hybridized carbons (Fsp3) is 0.444. The van der Waals surface area contributed by atoms with Gasteiger partial charge in [-0.05, 0) is 85.6 Å². The minimum atomic E-state index is -4.15. The Morgan fingerprint density at radius 1 is 1.22 bits per heavy atom. The van der Waals surface area contributed by atoms with E-state index in [9.17, 15) is 13.2 Å². The van der Waals surface area contributed by atoms with Crippen LogP contribution in [0, 0.1) is 20.8 Å². The van der Waals surface area contributed by atoms with Crippen LogP contribution < -0.4 is 14.5 Å². The number of halogens is 1. The van der Waals surface area contributed by atoms with Crippen molar-refractivity contribution in [2.24, 2.45) is 0 Å². The van der Waals surface area contributed by atoms with Crippen LogP contribution in [0.25, 0.3) is 0 Å². The van der Waals surface area contributed by atoms with E-state index < -0.39 is 15.7 Å². The van der Waals surface area contributed by atoms with Crippen LogP contribution >= 0.6 is 15.9 Å². The zero-order valence-corrected chi connectivity index (χ0v) is 18.2. The highest BCUT2D eigenvalue weighted by atomic mass is 79.9. The van der Waals surface area contributed by atoms with Crippen molar-refractivity contribution in [2.75, 3.05) is 0 Å². The third-order valence-corrected chi connectivity index (χ3v) is 6.94. The van der Waals surface area contributed by atoms with Crippen LogP contribution in [0.1, 0.15) is 42.5 Å². The molecule has 0 atom stereocenters. The number of hydrogen-bond acceptors (Lipinski definition) is 6. The van der Waals surface area contributed by atoms with Crippen molar-refractivity contribution < 1.29 is 17.3 Å². The summed E-state index contributed by atoms with van der Waals surface area (Å²) in [6.07, 6.45) is 1.51. The van der Waals surface area contributed by atoms with Gasteiger partial charge in [-0.15, -0.1) is 5.10 Å². The number of aromatic amines is 1. The quantitative estimate of drug-likeness (QED) is 0.711. The van der Waals surface area contributed by atoms with Crippen LogP contribution in [0.5, 0.6) is 11.6 Å². The Labute approximate surface area is 166 Å². The largest absolute Gasteiger partial charge is 0.487 e. The van der Waals surface area contributed by atoms with E-state index in [1.54, 1.807) is 13.8 Å². The first-order valence-electron chi connectivity index (χ1n) is 8.44. The molecule has 2 heterocycles. The van der Waals surface area contributed by atoms with Gasteiger partial charge in [0.1, 0.15) is 16.2 Å². The third kappa shape index (κ3) is 3.62. The molecule has 0 bridgehead atoms. The van der Waals surface area contributed by atoms with Gasteiger partial charge in [0, 0.05) is 6.07 Å². The topological polar surface area (TPSA) is 98.4 Å². The molecule has 146 valence electrons. The maximum atomic E-state index is 13.0. The first kappa shape index (κ1) is 19.9. The molecule has 1 aromatic carbocycles. The maximum absolute atomic E-state index is 13.0. The first-order valence-corrected chi connectivity index (χ1v) is 10.6. The lowest BCUT2D eigenvalue weighted by Gasteiger charge is -2.35. The Morgan fingerprint density at radius 2 is 1.89 bits per heavy atom. The standard InChI is InChI=1S/C18H21BrN2O5S/c1-9-10(2)16(11(3)12-6-7-18(4,5)25-15(9)12)27(23,24)26-14-8-13(19)17(22)21-20-14/h8H,6-7H2,1-5H3,(H,21,22). The number of nitrogens with one attached hydrogen (secondary N) is 1. The second-order valence-electron chi connectivity index (χ2n) is 7.29. The number of aromatic nitrogens is 2. The Balaban J connectivity index is 2.12. The van der Waals surface area contributed by atoms with E-state index >= 15 is 0 Å². The summed E-state index contributed by atoms with van der Waals surface area (Å²) in [5.74, 6) is 0.540. The van der Waals surface area contributed by atoms with E-state index in [2.05, 4.69) is 26.1 Å².